The van der Waals surface area contributed by atoms with Gasteiger partial charge in [-0.15, -0.1) is 0 Å². The molecule has 0 atom stereocenters. The van der Waals surface area contributed by atoms with Crippen molar-refractivity contribution in [3.8, 4) is 0 Å². The molecule has 1 aromatic carbocycles. The van der Waals surface area contributed by atoms with E-state index in [1.807, 2.05) is 12.1 Å². The van der Waals surface area contributed by atoms with Gasteiger partial charge in [-0.05, 0) is 44.7 Å². The van der Waals surface area contributed by atoms with E-state index < -0.39 is 0 Å². The number of aromatic nitrogens is 2. The number of hydrogen-bond acceptors (Lipinski definition) is 6. The van der Waals surface area contributed by atoms with Gasteiger partial charge in [0.15, 0.2) is 0 Å². The van der Waals surface area contributed by atoms with Crippen LogP contribution < -0.4 is 15.5 Å². The summed E-state index contributed by atoms with van der Waals surface area (Å²) in [5, 5.41) is 6.19. The molecule has 1 aromatic heterocycles. The predicted octanol–water partition coefficient (Wildman–Crippen LogP) is 3.00. The number of amides is 1. The summed E-state index contributed by atoms with van der Waals surface area (Å²) in [5.74, 6) is 1.05. The van der Waals surface area contributed by atoms with Crippen LogP contribution in [0.15, 0.2) is 30.3 Å². The van der Waals surface area contributed by atoms with E-state index in [4.69, 9.17) is 0 Å². The highest BCUT2D eigenvalue weighted by atomic mass is 16.1. The number of likely N-dealkylation sites (N-methyl/N-ethyl adjacent to an activating group) is 1. The fourth-order valence-electron chi connectivity index (χ4n) is 3.18. The second-order valence-electron chi connectivity index (χ2n) is 7.26. The Bertz CT molecular complexity index is 784. The maximum atomic E-state index is 12.6. The molecule has 1 aliphatic heterocycles. The lowest BCUT2D eigenvalue weighted by molar-refractivity contribution is 0.102. The molecule has 1 aliphatic rings. The number of anilines is 3. The predicted molar refractivity (Wildman–Crippen MR) is 114 cm³/mol. The van der Waals surface area contributed by atoms with E-state index in [0.29, 0.717) is 17.3 Å². The van der Waals surface area contributed by atoms with Gasteiger partial charge in [0.25, 0.3) is 5.91 Å². The van der Waals surface area contributed by atoms with Crippen LogP contribution in [0.4, 0.5) is 17.2 Å². The van der Waals surface area contributed by atoms with Gasteiger partial charge in [-0.1, -0.05) is 13.3 Å². The molecule has 0 radical (unpaired) electrons. The van der Waals surface area contributed by atoms with Crippen molar-refractivity contribution in [2.24, 2.45) is 0 Å². The average molecular weight is 383 g/mol. The summed E-state index contributed by atoms with van der Waals surface area (Å²) in [4.78, 5) is 26.0. The van der Waals surface area contributed by atoms with Crippen LogP contribution in [0.2, 0.25) is 0 Å². The summed E-state index contributed by atoms with van der Waals surface area (Å²) in [6.07, 6.45) is 2.17. The molecule has 1 amide bonds. The van der Waals surface area contributed by atoms with Gasteiger partial charge in [-0.3, -0.25) is 4.79 Å². The van der Waals surface area contributed by atoms with Crippen LogP contribution in [-0.2, 0) is 0 Å². The minimum Gasteiger partial charge on any atom is -0.370 e. The summed E-state index contributed by atoms with van der Waals surface area (Å²) in [7, 11) is 2.15. The Morgan fingerprint density at radius 2 is 1.82 bits per heavy atom. The normalized spacial score (nSPS) is 14.8. The van der Waals surface area contributed by atoms with Gasteiger partial charge in [0.05, 0.1) is 0 Å². The molecule has 0 aliphatic carbocycles. The number of unbranched alkanes of at least 4 members (excludes halogenated alkanes) is 1. The molecule has 3 rings (SSSR count). The van der Waals surface area contributed by atoms with Crippen molar-refractivity contribution in [1.29, 1.82) is 0 Å². The first-order valence-corrected chi connectivity index (χ1v) is 9.99. The second kappa shape index (κ2) is 9.50. The Morgan fingerprint density at radius 3 is 2.50 bits per heavy atom. The van der Waals surface area contributed by atoms with Gasteiger partial charge in [-0.2, -0.15) is 0 Å². The van der Waals surface area contributed by atoms with Crippen molar-refractivity contribution in [1.82, 2.24) is 14.9 Å². The number of piperazine rings is 1. The Labute approximate surface area is 167 Å². The minimum absolute atomic E-state index is 0.226. The maximum Gasteiger partial charge on any atom is 0.274 e. The molecule has 2 heterocycles. The van der Waals surface area contributed by atoms with Crippen molar-refractivity contribution < 1.29 is 4.79 Å². The molecule has 2 aromatic rings. The first-order chi connectivity index (χ1) is 13.5. The third-order valence-electron chi connectivity index (χ3n) is 4.90. The summed E-state index contributed by atoms with van der Waals surface area (Å²) in [6, 6.07) is 9.71. The number of carbonyl (C=O) groups is 1. The minimum atomic E-state index is -0.226. The van der Waals surface area contributed by atoms with Crippen molar-refractivity contribution in [2.45, 2.75) is 26.7 Å². The van der Waals surface area contributed by atoms with Crippen molar-refractivity contribution in [2.75, 3.05) is 55.3 Å². The van der Waals surface area contributed by atoms with Crippen molar-refractivity contribution in [3.63, 3.8) is 0 Å². The lowest BCUT2D eigenvalue weighted by Crippen LogP contribution is -2.44. The molecule has 150 valence electrons. The summed E-state index contributed by atoms with van der Waals surface area (Å²) in [5.41, 5.74) is 2.32. The molecular weight excluding hydrogens is 352 g/mol. The Balaban J connectivity index is 1.62. The fraction of sp³-hybridized carbons (Fsp3) is 0.476. The van der Waals surface area contributed by atoms with E-state index in [9.17, 15) is 4.79 Å². The van der Waals surface area contributed by atoms with E-state index in [0.717, 1.165) is 51.3 Å². The van der Waals surface area contributed by atoms with E-state index >= 15 is 0 Å². The topological polar surface area (TPSA) is 73.4 Å². The molecule has 7 heteroatoms. The zero-order valence-electron chi connectivity index (χ0n) is 17.0. The lowest BCUT2D eigenvalue weighted by atomic mass is 10.2. The van der Waals surface area contributed by atoms with Gasteiger partial charge >= 0.3 is 0 Å². The van der Waals surface area contributed by atoms with Crippen LogP contribution in [0.25, 0.3) is 0 Å². The van der Waals surface area contributed by atoms with Gasteiger partial charge in [0.1, 0.15) is 17.3 Å². The van der Waals surface area contributed by atoms with Crippen LogP contribution >= 0.6 is 0 Å². The molecule has 0 spiro atoms. The summed E-state index contributed by atoms with van der Waals surface area (Å²) in [6.45, 7) is 8.96. The number of aryl methyl sites for hydroxylation is 1. The Kier molecular flexibility index (Phi) is 6.81. The van der Waals surface area contributed by atoms with Gasteiger partial charge in [0, 0.05) is 50.2 Å². The first-order valence-electron chi connectivity index (χ1n) is 9.99. The smallest absolute Gasteiger partial charge is 0.274 e. The van der Waals surface area contributed by atoms with Gasteiger partial charge < -0.3 is 20.4 Å². The largest absolute Gasteiger partial charge is 0.370 e. The SMILES string of the molecule is CCCCNc1cc(C(=O)Nc2ccc(N3CCN(C)CC3)cc2)nc(C)n1. The highest BCUT2D eigenvalue weighted by Crippen LogP contribution is 2.20. The maximum absolute atomic E-state index is 12.6. The first kappa shape index (κ1) is 20.1. The van der Waals surface area contributed by atoms with Crippen LogP contribution in [0, 0.1) is 6.92 Å². The molecule has 0 saturated carbocycles. The number of benzene rings is 1. The number of hydrogen-bond donors (Lipinski definition) is 2. The molecule has 2 N–H and O–H groups in total. The standard InChI is InChI=1S/C21H30N6O/c1-4-5-10-22-20-15-19(23-16(2)24-20)21(28)25-17-6-8-18(9-7-17)27-13-11-26(3)12-14-27/h6-9,15H,4-5,10-14H2,1-3H3,(H,25,28)(H,22,23,24). The second-order valence-corrected chi connectivity index (χ2v) is 7.26. The van der Waals surface area contributed by atoms with Gasteiger partial charge in [0.2, 0.25) is 0 Å². The van der Waals surface area contributed by atoms with Gasteiger partial charge in [-0.25, -0.2) is 9.97 Å². The van der Waals surface area contributed by atoms with Crippen LogP contribution in [-0.4, -0.2) is 60.5 Å². The van der Waals surface area contributed by atoms with Crippen molar-refractivity contribution >= 4 is 23.1 Å². The number of nitrogens with one attached hydrogen (secondary N) is 2. The fourth-order valence-corrected chi connectivity index (χ4v) is 3.18. The Morgan fingerprint density at radius 1 is 1.11 bits per heavy atom. The van der Waals surface area contributed by atoms with E-state index in [-0.39, 0.29) is 5.91 Å². The molecule has 0 bridgehead atoms. The third kappa shape index (κ3) is 5.42. The molecule has 28 heavy (non-hydrogen) atoms. The molecule has 7 nitrogen and oxygen atoms in total. The van der Waals surface area contributed by atoms with Crippen LogP contribution in [0.3, 0.4) is 0 Å². The zero-order chi connectivity index (χ0) is 19.9. The molecule has 1 fully saturated rings. The zero-order valence-corrected chi connectivity index (χ0v) is 17.0. The quantitative estimate of drug-likeness (QED) is 0.717. The highest BCUT2D eigenvalue weighted by molar-refractivity contribution is 6.03. The van der Waals surface area contributed by atoms with Crippen LogP contribution in [0.1, 0.15) is 36.1 Å². The number of nitrogens with zero attached hydrogens (tertiary/aromatic N) is 4. The summed E-state index contributed by atoms with van der Waals surface area (Å²) >= 11 is 0. The van der Waals surface area contributed by atoms with E-state index in [2.05, 4.69) is 56.5 Å². The average Bonchev–Trinajstić information content (AvgIpc) is 2.69. The molecule has 1 saturated heterocycles. The van der Waals surface area contributed by atoms with E-state index in [1.165, 1.54) is 5.69 Å². The molecule has 0 unspecified atom stereocenters. The highest BCUT2D eigenvalue weighted by Gasteiger charge is 2.15. The monoisotopic (exact) mass is 382 g/mol. The van der Waals surface area contributed by atoms with Crippen LogP contribution in [0.5, 0.6) is 0 Å². The number of carbonyl (C=O) groups excluding carboxylic acids is 1. The van der Waals surface area contributed by atoms with Crippen molar-refractivity contribution in [3.05, 3.63) is 41.9 Å². The Hall–Kier alpha value is -2.67. The third-order valence-corrected chi connectivity index (χ3v) is 4.90. The van der Waals surface area contributed by atoms with E-state index in [1.54, 1.807) is 13.0 Å². The molecular formula is C21H30N6O. The number of rotatable bonds is 7. The lowest BCUT2D eigenvalue weighted by Gasteiger charge is -2.34. The summed E-state index contributed by atoms with van der Waals surface area (Å²) < 4.78 is 0.